The molecule has 1 aromatic rings. The Hall–Kier alpha value is -1.06. The molecular weight excluding hydrogens is 176 g/mol. The molecule has 3 heteroatoms. The van der Waals surface area contributed by atoms with Crippen molar-refractivity contribution >= 4 is 5.69 Å². The SMILES string of the molecule is Nc1cc([C@H](N)CO)cc2c1CCC2. The van der Waals surface area contributed by atoms with E-state index in [1.807, 2.05) is 6.07 Å². The first-order valence-corrected chi connectivity index (χ1v) is 5.00. The number of benzene rings is 1. The lowest BCUT2D eigenvalue weighted by Gasteiger charge is -2.12. The molecule has 5 N–H and O–H groups in total. The first kappa shape index (κ1) is 9.49. The quantitative estimate of drug-likeness (QED) is 0.605. The number of nitrogen functional groups attached to an aromatic ring is 1. The maximum Gasteiger partial charge on any atom is 0.0624 e. The van der Waals surface area contributed by atoms with E-state index in [0.717, 1.165) is 24.1 Å². The zero-order chi connectivity index (χ0) is 10.1. The molecule has 76 valence electrons. The van der Waals surface area contributed by atoms with Crippen molar-refractivity contribution in [1.82, 2.24) is 0 Å². The van der Waals surface area contributed by atoms with Crippen LogP contribution in [0.2, 0.25) is 0 Å². The average Bonchev–Trinajstić information content (AvgIpc) is 2.64. The second kappa shape index (κ2) is 3.59. The number of rotatable bonds is 2. The molecule has 0 amide bonds. The van der Waals surface area contributed by atoms with Crippen LogP contribution in [0.15, 0.2) is 12.1 Å². The zero-order valence-electron chi connectivity index (χ0n) is 8.16. The van der Waals surface area contributed by atoms with Gasteiger partial charge in [0.1, 0.15) is 0 Å². The summed E-state index contributed by atoms with van der Waals surface area (Å²) in [5, 5.41) is 8.96. The molecule has 14 heavy (non-hydrogen) atoms. The minimum atomic E-state index is -0.303. The van der Waals surface area contributed by atoms with E-state index in [4.69, 9.17) is 16.6 Å². The Morgan fingerprint density at radius 3 is 2.86 bits per heavy atom. The maximum absolute atomic E-state index is 8.96. The standard InChI is InChI=1S/C11H16N2O/c12-10-5-8(11(13)6-14)4-7-2-1-3-9(7)10/h4-5,11,14H,1-3,6,12-13H2/t11-/m1/s1. The Labute approximate surface area is 83.7 Å². The predicted octanol–water partition coefficient (Wildman–Crippen LogP) is 0.750. The van der Waals surface area contributed by atoms with E-state index in [9.17, 15) is 0 Å². The summed E-state index contributed by atoms with van der Waals surface area (Å²) in [5.41, 5.74) is 16.0. The van der Waals surface area contributed by atoms with Gasteiger partial charge in [0.2, 0.25) is 0 Å². The lowest BCUT2D eigenvalue weighted by Crippen LogP contribution is -2.15. The molecule has 0 unspecified atom stereocenters. The minimum absolute atomic E-state index is 0.0295. The highest BCUT2D eigenvalue weighted by molar-refractivity contribution is 5.55. The molecule has 0 aromatic heterocycles. The largest absolute Gasteiger partial charge is 0.398 e. The maximum atomic E-state index is 8.96. The summed E-state index contributed by atoms with van der Waals surface area (Å²) in [7, 11) is 0. The fraction of sp³-hybridized carbons (Fsp3) is 0.455. The Bertz CT molecular complexity index is 349. The predicted molar refractivity (Wildman–Crippen MR) is 56.9 cm³/mol. The Kier molecular flexibility index (Phi) is 2.44. The van der Waals surface area contributed by atoms with Crippen LogP contribution in [0.3, 0.4) is 0 Å². The van der Waals surface area contributed by atoms with Crippen molar-refractivity contribution in [2.45, 2.75) is 25.3 Å². The van der Waals surface area contributed by atoms with Gasteiger partial charge in [0, 0.05) is 5.69 Å². The molecule has 1 aliphatic carbocycles. The molecule has 0 saturated carbocycles. The van der Waals surface area contributed by atoms with Crippen LogP contribution in [0.25, 0.3) is 0 Å². The smallest absolute Gasteiger partial charge is 0.0624 e. The van der Waals surface area contributed by atoms with Gasteiger partial charge in [0.25, 0.3) is 0 Å². The Balaban J connectivity index is 2.41. The second-order valence-corrected chi connectivity index (χ2v) is 3.89. The van der Waals surface area contributed by atoms with E-state index in [-0.39, 0.29) is 12.6 Å². The van der Waals surface area contributed by atoms with Crippen molar-refractivity contribution in [3.05, 3.63) is 28.8 Å². The van der Waals surface area contributed by atoms with Crippen molar-refractivity contribution in [3.63, 3.8) is 0 Å². The summed E-state index contributed by atoms with van der Waals surface area (Å²) in [4.78, 5) is 0. The van der Waals surface area contributed by atoms with E-state index in [2.05, 4.69) is 6.07 Å². The average molecular weight is 192 g/mol. The molecule has 0 aliphatic heterocycles. The summed E-state index contributed by atoms with van der Waals surface area (Å²) in [6, 6.07) is 3.67. The van der Waals surface area contributed by atoms with Crippen LogP contribution < -0.4 is 11.5 Å². The number of aliphatic hydroxyl groups is 1. The van der Waals surface area contributed by atoms with Crippen LogP contribution in [0.5, 0.6) is 0 Å². The number of anilines is 1. The van der Waals surface area contributed by atoms with Crippen molar-refractivity contribution in [2.24, 2.45) is 5.73 Å². The number of fused-ring (bicyclic) bond motifs is 1. The van der Waals surface area contributed by atoms with Crippen LogP contribution in [0, 0.1) is 0 Å². The molecule has 0 spiro atoms. The van der Waals surface area contributed by atoms with Crippen molar-refractivity contribution < 1.29 is 5.11 Å². The van der Waals surface area contributed by atoms with Gasteiger partial charge in [-0.25, -0.2) is 0 Å². The first-order valence-electron chi connectivity index (χ1n) is 5.00. The van der Waals surface area contributed by atoms with Crippen LogP contribution in [-0.2, 0) is 12.8 Å². The number of hydrogen-bond acceptors (Lipinski definition) is 3. The summed E-state index contributed by atoms with van der Waals surface area (Å²) in [6.07, 6.45) is 3.35. The molecular formula is C11H16N2O. The highest BCUT2D eigenvalue weighted by Gasteiger charge is 2.16. The van der Waals surface area contributed by atoms with Gasteiger partial charge in [-0.15, -0.1) is 0 Å². The fourth-order valence-electron chi connectivity index (χ4n) is 2.09. The van der Waals surface area contributed by atoms with Gasteiger partial charge in [0.15, 0.2) is 0 Å². The molecule has 3 nitrogen and oxygen atoms in total. The van der Waals surface area contributed by atoms with Gasteiger partial charge in [-0.05, 0) is 42.0 Å². The second-order valence-electron chi connectivity index (χ2n) is 3.89. The summed E-state index contributed by atoms with van der Waals surface area (Å²) in [6.45, 7) is -0.0295. The highest BCUT2D eigenvalue weighted by atomic mass is 16.3. The van der Waals surface area contributed by atoms with Gasteiger partial charge >= 0.3 is 0 Å². The van der Waals surface area contributed by atoms with Gasteiger partial charge in [0.05, 0.1) is 12.6 Å². The normalized spacial score (nSPS) is 16.7. The number of aryl methyl sites for hydroxylation is 1. The van der Waals surface area contributed by atoms with Crippen LogP contribution in [0.1, 0.15) is 29.2 Å². The van der Waals surface area contributed by atoms with E-state index < -0.39 is 0 Å². The summed E-state index contributed by atoms with van der Waals surface area (Å²) < 4.78 is 0. The number of hydrogen-bond donors (Lipinski definition) is 3. The molecule has 0 fully saturated rings. The van der Waals surface area contributed by atoms with Gasteiger partial charge in [-0.1, -0.05) is 6.07 Å². The Morgan fingerprint density at radius 1 is 1.36 bits per heavy atom. The number of aliphatic hydroxyl groups excluding tert-OH is 1. The Morgan fingerprint density at radius 2 is 2.14 bits per heavy atom. The van der Waals surface area contributed by atoms with Crippen molar-refractivity contribution in [1.29, 1.82) is 0 Å². The third kappa shape index (κ3) is 1.49. The summed E-state index contributed by atoms with van der Waals surface area (Å²) in [5.74, 6) is 0. The first-order chi connectivity index (χ1) is 6.72. The molecule has 0 saturated heterocycles. The molecule has 2 rings (SSSR count). The molecule has 1 aliphatic rings. The van der Waals surface area contributed by atoms with E-state index in [0.29, 0.717) is 0 Å². The third-order valence-corrected chi connectivity index (χ3v) is 2.90. The van der Waals surface area contributed by atoms with Crippen LogP contribution >= 0.6 is 0 Å². The fourth-order valence-corrected chi connectivity index (χ4v) is 2.09. The van der Waals surface area contributed by atoms with Gasteiger partial charge in [-0.2, -0.15) is 0 Å². The van der Waals surface area contributed by atoms with E-state index in [1.165, 1.54) is 17.5 Å². The minimum Gasteiger partial charge on any atom is -0.398 e. The van der Waals surface area contributed by atoms with Crippen molar-refractivity contribution in [3.8, 4) is 0 Å². The van der Waals surface area contributed by atoms with Gasteiger partial charge < -0.3 is 16.6 Å². The van der Waals surface area contributed by atoms with Crippen molar-refractivity contribution in [2.75, 3.05) is 12.3 Å². The van der Waals surface area contributed by atoms with Crippen LogP contribution in [0.4, 0.5) is 5.69 Å². The molecule has 1 aromatic carbocycles. The third-order valence-electron chi connectivity index (χ3n) is 2.90. The van der Waals surface area contributed by atoms with E-state index in [1.54, 1.807) is 0 Å². The summed E-state index contributed by atoms with van der Waals surface area (Å²) >= 11 is 0. The molecule has 0 heterocycles. The van der Waals surface area contributed by atoms with Gasteiger partial charge in [-0.3, -0.25) is 0 Å². The lowest BCUT2D eigenvalue weighted by atomic mass is 10.0. The van der Waals surface area contributed by atoms with E-state index >= 15 is 0 Å². The zero-order valence-corrected chi connectivity index (χ0v) is 8.16. The van der Waals surface area contributed by atoms with Crippen LogP contribution in [-0.4, -0.2) is 11.7 Å². The molecule has 1 atom stereocenters. The highest BCUT2D eigenvalue weighted by Crippen LogP contribution is 2.30. The number of nitrogens with two attached hydrogens (primary N) is 2. The monoisotopic (exact) mass is 192 g/mol. The molecule has 0 bridgehead atoms. The molecule has 0 radical (unpaired) electrons. The lowest BCUT2D eigenvalue weighted by molar-refractivity contribution is 0.268. The topological polar surface area (TPSA) is 72.3 Å².